The molecule has 1 unspecified atom stereocenters. The second-order valence-corrected chi connectivity index (χ2v) is 6.85. The lowest BCUT2D eigenvalue weighted by Crippen LogP contribution is -2.27. The van der Waals surface area contributed by atoms with Crippen LogP contribution >= 0.6 is 24.0 Å². The molecule has 2 aromatic heterocycles. The lowest BCUT2D eigenvalue weighted by molar-refractivity contribution is -0.117. The number of thiol groups is 1. The molecule has 1 fully saturated rings. The standard InChI is InChI=1S/C14H17N3OS2/c1-10-2-3-12(20-10)8-17-13(4-5-15-17)16-7-11(9-19)6-14(16)18/h2-5,11,19H,6-9H2,1H3. The first kappa shape index (κ1) is 13.7. The summed E-state index contributed by atoms with van der Waals surface area (Å²) in [7, 11) is 0. The van der Waals surface area contributed by atoms with Crippen LogP contribution in [0.25, 0.3) is 0 Å². The fourth-order valence-corrected chi connectivity index (χ4v) is 3.64. The van der Waals surface area contributed by atoms with E-state index < -0.39 is 0 Å². The van der Waals surface area contributed by atoms with Crippen molar-refractivity contribution in [3.63, 3.8) is 0 Å². The van der Waals surface area contributed by atoms with Crippen molar-refractivity contribution in [1.82, 2.24) is 9.78 Å². The Morgan fingerprint density at radius 3 is 2.95 bits per heavy atom. The zero-order chi connectivity index (χ0) is 14.1. The highest BCUT2D eigenvalue weighted by molar-refractivity contribution is 7.80. The van der Waals surface area contributed by atoms with Crippen molar-refractivity contribution < 1.29 is 4.79 Å². The van der Waals surface area contributed by atoms with E-state index in [0.717, 1.165) is 24.7 Å². The van der Waals surface area contributed by atoms with Gasteiger partial charge in [0, 0.05) is 28.8 Å². The van der Waals surface area contributed by atoms with E-state index in [9.17, 15) is 4.79 Å². The quantitative estimate of drug-likeness (QED) is 0.882. The fourth-order valence-electron chi connectivity index (χ4n) is 2.52. The zero-order valence-corrected chi connectivity index (χ0v) is 13.0. The average Bonchev–Trinajstić information content (AvgIpc) is 3.11. The highest BCUT2D eigenvalue weighted by atomic mass is 32.1. The van der Waals surface area contributed by atoms with Crippen LogP contribution in [0, 0.1) is 12.8 Å². The lowest BCUT2D eigenvalue weighted by atomic mass is 10.1. The van der Waals surface area contributed by atoms with Gasteiger partial charge in [-0.3, -0.25) is 9.69 Å². The second-order valence-electron chi connectivity index (χ2n) is 5.12. The van der Waals surface area contributed by atoms with E-state index in [4.69, 9.17) is 0 Å². The van der Waals surface area contributed by atoms with E-state index in [1.165, 1.54) is 9.75 Å². The Bertz CT molecular complexity index is 619. The van der Waals surface area contributed by atoms with Crippen molar-refractivity contribution in [1.29, 1.82) is 0 Å². The van der Waals surface area contributed by atoms with E-state index in [-0.39, 0.29) is 5.91 Å². The summed E-state index contributed by atoms with van der Waals surface area (Å²) in [5, 5.41) is 4.36. The molecule has 1 amide bonds. The largest absolute Gasteiger partial charge is 0.297 e. The van der Waals surface area contributed by atoms with Crippen LogP contribution in [-0.2, 0) is 11.3 Å². The number of hydrogen-bond donors (Lipinski definition) is 1. The second kappa shape index (κ2) is 5.61. The number of anilines is 1. The summed E-state index contributed by atoms with van der Waals surface area (Å²) < 4.78 is 1.91. The van der Waals surface area contributed by atoms with Crippen molar-refractivity contribution in [3.8, 4) is 0 Å². The van der Waals surface area contributed by atoms with E-state index in [2.05, 4.69) is 36.8 Å². The van der Waals surface area contributed by atoms with Gasteiger partial charge in [0.1, 0.15) is 5.82 Å². The summed E-state index contributed by atoms with van der Waals surface area (Å²) in [5.74, 6) is 2.16. The number of carbonyl (C=O) groups is 1. The molecular formula is C14H17N3OS2. The summed E-state index contributed by atoms with van der Waals surface area (Å²) in [5.41, 5.74) is 0. The molecule has 20 heavy (non-hydrogen) atoms. The number of aromatic nitrogens is 2. The Morgan fingerprint density at radius 2 is 2.30 bits per heavy atom. The van der Waals surface area contributed by atoms with Gasteiger partial charge in [-0.15, -0.1) is 11.3 Å². The van der Waals surface area contributed by atoms with Gasteiger partial charge in [0.2, 0.25) is 5.91 Å². The third kappa shape index (κ3) is 2.62. The molecule has 1 atom stereocenters. The molecule has 3 heterocycles. The normalized spacial score (nSPS) is 19.0. The highest BCUT2D eigenvalue weighted by Gasteiger charge is 2.31. The summed E-state index contributed by atoms with van der Waals surface area (Å²) >= 11 is 6.07. The first-order chi connectivity index (χ1) is 9.67. The van der Waals surface area contributed by atoms with Crippen LogP contribution in [0.4, 0.5) is 5.82 Å². The Hall–Kier alpha value is -1.27. The molecule has 0 bridgehead atoms. The van der Waals surface area contributed by atoms with Crippen LogP contribution in [0.1, 0.15) is 16.2 Å². The fraction of sp³-hybridized carbons (Fsp3) is 0.429. The van der Waals surface area contributed by atoms with Gasteiger partial charge in [-0.05, 0) is 30.7 Å². The molecule has 0 N–H and O–H groups in total. The number of thiophene rings is 1. The van der Waals surface area contributed by atoms with Crippen LogP contribution in [0.2, 0.25) is 0 Å². The summed E-state index contributed by atoms with van der Waals surface area (Å²) in [6.45, 7) is 3.56. The molecule has 0 spiro atoms. The molecule has 0 aliphatic carbocycles. The summed E-state index contributed by atoms with van der Waals surface area (Å²) in [6.07, 6.45) is 2.35. The monoisotopic (exact) mass is 307 g/mol. The van der Waals surface area contributed by atoms with E-state index >= 15 is 0 Å². The Morgan fingerprint density at radius 1 is 1.45 bits per heavy atom. The molecule has 3 rings (SSSR count). The maximum Gasteiger partial charge on any atom is 0.228 e. The predicted molar refractivity (Wildman–Crippen MR) is 84.7 cm³/mol. The minimum Gasteiger partial charge on any atom is -0.297 e. The molecule has 1 aliphatic rings. The number of amides is 1. The van der Waals surface area contributed by atoms with Crippen molar-refractivity contribution in [2.45, 2.75) is 19.9 Å². The maximum atomic E-state index is 12.1. The Kier molecular flexibility index (Phi) is 3.85. The molecule has 6 heteroatoms. The van der Waals surface area contributed by atoms with Crippen molar-refractivity contribution >= 4 is 35.7 Å². The molecule has 2 aromatic rings. The van der Waals surface area contributed by atoms with Gasteiger partial charge < -0.3 is 0 Å². The third-order valence-corrected chi connectivity index (χ3v) is 5.04. The summed E-state index contributed by atoms with van der Waals surface area (Å²) in [4.78, 5) is 16.5. The topological polar surface area (TPSA) is 38.1 Å². The predicted octanol–water partition coefficient (Wildman–Crippen LogP) is 2.58. The molecular weight excluding hydrogens is 290 g/mol. The zero-order valence-electron chi connectivity index (χ0n) is 11.3. The van der Waals surface area contributed by atoms with E-state index in [0.29, 0.717) is 12.3 Å². The minimum absolute atomic E-state index is 0.174. The number of hydrogen-bond acceptors (Lipinski definition) is 4. The van der Waals surface area contributed by atoms with Crippen LogP contribution in [-0.4, -0.2) is 28.0 Å². The van der Waals surface area contributed by atoms with E-state index in [1.54, 1.807) is 17.5 Å². The molecule has 0 saturated carbocycles. The van der Waals surface area contributed by atoms with Gasteiger partial charge in [0.25, 0.3) is 0 Å². The first-order valence-electron chi connectivity index (χ1n) is 6.65. The maximum absolute atomic E-state index is 12.1. The van der Waals surface area contributed by atoms with Crippen LogP contribution < -0.4 is 4.90 Å². The van der Waals surface area contributed by atoms with Crippen LogP contribution in [0.3, 0.4) is 0 Å². The Labute approximate surface area is 127 Å². The molecule has 106 valence electrons. The van der Waals surface area contributed by atoms with Crippen LogP contribution in [0.5, 0.6) is 0 Å². The van der Waals surface area contributed by atoms with Gasteiger partial charge in [-0.25, -0.2) is 4.68 Å². The smallest absolute Gasteiger partial charge is 0.228 e. The van der Waals surface area contributed by atoms with E-state index in [1.807, 2.05) is 15.6 Å². The van der Waals surface area contributed by atoms with Crippen molar-refractivity contribution in [2.75, 3.05) is 17.2 Å². The minimum atomic E-state index is 0.174. The van der Waals surface area contributed by atoms with Gasteiger partial charge in [0.15, 0.2) is 0 Å². The van der Waals surface area contributed by atoms with Crippen LogP contribution in [0.15, 0.2) is 24.4 Å². The van der Waals surface area contributed by atoms with Crippen molar-refractivity contribution in [2.24, 2.45) is 5.92 Å². The average molecular weight is 307 g/mol. The van der Waals surface area contributed by atoms with Gasteiger partial charge in [-0.2, -0.15) is 17.7 Å². The number of aryl methyl sites for hydroxylation is 1. The van der Waals surface area contributed by atoms with Gasteiger partial charge in [-0.1, -0.05) is 0 Å². The molecule has 0 radical (unpaired) electrons. The molecule has 1 saturated heterocycles. The lowest BCUT2D eigenvalue weighted by Gasteiger charge is -2.17. The number of nitrogens with zero attached hydrogens (tertiary/aromatic N) is 3. The number of carbonyl (C=O) groups excluding carboxylic acids is 1. The Balaban J connectivity index is 1.81. The number of rotatable bonds is 4. The molecule has 1 aliphatic heterocycles. The third-order valence-electron chi connectivity index (χ3n) is 3.54. The molecule has 0 aromatic carbocycles. The first-order valence-corrected chi connectivity index (χ1v) is 8.10. The summed E-state index contributed by atoms with van der Waals surface area (Å²) in [6, 6.07) is 6.15. The SMILES string of the molecule is Cc1ccc(Cn2nccc2N2CC(CS)CC2=O)s1. The van der Waals surface area contributed by atoms with Crippen molar-refractivity contribution in [3.05, 3.63) is 34.2 Å². The van der Waals surface area contributed by atoms with Gasteiger partial charge >= 0.3 is 0 Å². The highest BCUT2D eigenvalue weighted by Crippen LogP contribution is 2.26. The molecule has 4 nitrogen and oxygen atoms in total. The van der Waals surface area contributed by atoms with Gasteiger partial charge in [0.05, 0.1) is 12.7 Å².